The second-order valence-electron chi connectivity index (χ2n) is 6.65. The molecule has 0 radical (unpaired) electrons. The number of aromatic nitrogens is 2. The lowest BCUT2D eigenvalue weighted by molar-refractivity contribution is -0.105. The number of ether oxygens (including phenoxy) is 1. The van der Waals surface area contributed by atoms with Crippen molar-refractivity contribution in [3.63, 3.8) is 0 Å². The molecule has 0 bridgehead atoms. The number of allylic oxidation sites excluding steroid dienone is 1. The zero-order valence-electron chi connectivity index (χ0n) is 14.2. The summed E-state index contributed by atoms with van der Waals surface area (Å²) < 4.78 is 10.0. The zero-order chi connectivity index (χ0) is 16.6. The Labute approximate surface area is 133 Å². The molecule has 124 valence electrons. The predicted molar refractivity (Wildman–Crippen MR) is 85.8 cm³/mol. The van der Waals surface area contributed by atoms with Crippen molar-refractivity contribution < 1.29 is 14.1 Å². The van der Waals surface area contributed by atoms with E-state index in [0.717, 1.165) is 25.0 Å². The van der Waals surface area contributed by atoms with Crippen molar-refractivity contribution in [2.45, 2.75) is 70.8 Å². The third kappa shape index (κ3) is 6.98. The van der Waals surface area contributed by atoms with Gasteiger partial charge in [-0.2, -0.15) is 4.98 Å². The van der Waals surface area contributed by atoms with Gasteiger partial charge in [-0.25, -0.2) is 0 Å². The summed E-state index contributed by atoms with van der Waals surface area (Å²) in [6.45, 7) is 9.66. The molecule has 0 saturated heterocycles. The number of aldehydes is 1. The van der Waals surface area contributed by atoms with Crippen LogP contribution in [0.25, 0.3) is 0 Å². The fourth-order valence-electron chi connectivity index (χ4n) is 2.10. The van der Waals surface area contributed by atoms with Crippen LogP contribution in [0.15, 0.2) is 16.7 Å². The molecule has 1 saturated carbocycles. The summed E-state index contributed by atoms with van der Waals surface area (Å²) in [7, 11) is 1.71. The number of nitrogens with zero attached hydrogens (tertiary/aromatic N) is 2. The van der Waals surface area contributed by atoms with Crippen LogP contribution in [0.5, 0.6) is 0 Å². The van der Waals surface area contributed by atoms with Crippen LogP contribution in [-0.2, 0) is 16.0 Å². The molecule has 1 aliphatic carbocycles. The summed E-state index contributed by atoms with van der Waals surface area (Å²) in [5.41, 5.74) is 0.513. The van der Waals surface area contributed by atoms with E-state index in [9.17, 15) is 4.79 Å². The molecule has 1 aromatic rings. The monoisotopic (exact) mass is 308 g/mol. The van der Waals surface area contributed by atoms with Crippen molar-refractivity contribution >= 4 is 6.29 Å². The Bertz CT molecular complexity index is 468. The van der Waals surface area contributed by atoms with E-state index < -0.39 is 0 Å². The molecule has 0 spiro atoms. The summed E-state index contributed by atoms with van der Waals surface area (Å²) >= 11 is 0. The van der Waals surface area contributed by atoms with Crippen molar-refractivity contribution in [2.24, 2.45) is 0 Å². The zero-order valence-corrected chi connectivity index (χ0v) is 14.2. The lowest BCUT2D eigenvalue weighted by Crippen LogP contribution is -2.15. The molecule has 1 heterocycles. The maximum absolute atomic E-state index is 10.4. The summed E-state index contributed by atoms with van der Waals surface area (Å²) in [5.74, 6) is 1.74. The van der Waals surface area contributed by atoms with Crippen molar-refractivity contribution in [1.29, 1.82) is 0 Å². The summed E-state index contributed by atoms with van der Waals surface area (Å²) in [6.07, 6.45) is 7.18. The van der Waals surface area contributed by atoms with E-state index in [0.29, 0.717) is 23.8 Å². The topological polar surface area (TPSA) is 65.2 Å². The standard InChI is InChI=1S/C12H16N2O2.C5H12O/c1-9(8-15)7-11-13-12(14-16-11)10-5-3-2-4-6-10;1-5(2,3)6-4/h8,10H,1-7H2;1-4H3. The first kappa shape index (κ1) is 18.6. The minimum Gasteiger partial charge on any atom is -0.379 e. The highest BCUT2D eigenvalue weighted by atomic mass is 16.5. The van der Waals surface area contributed by atoms with Crippen molar-refractivity contribution in [1.82, 2.24) is 10.1 Å². The molecule has 1 fully saturated rings. The molecular weight excluding hydrogens is 280 g/mol. The molecule has 0 atom stereocenters. The Morgan fingerprint density at radius 1 is 1.36 bits per heavy atom. The van der Waals surface area contributed by atoms with Gasteiger partial charge in [0.2, 0.25) is 5.89 Å². The number of carbonyl (C=O) groups excluding carboxylic acids is 1. The first-order chi connectivity index (χ1) is 10.4. The van der Waals surface area contributed by atoms with E-state index in [2.05, 4.69) is 16.7 Å². The van der Waals surface area contributed by atoms with E-state index in [1.54, 1.807) is 7.11 Å². The minimum absolute atomic E-state index is 0.0417. The molecule has 5 heteroatoms. The van der Waals surface area contributed by atoms with Crippen LogP contribution < -0.4 is 0 Å². The first-order valence-corrected chi connectivity index (χ1v) is 7.86. The summed E-state index contributed by atoms with van der Waals surface area (Å²) in [4.78, 5) is 14.8. The maximum Gasteiger partial charge on any atom is 0.231 e. The normalized spacial score (nSPS) is 15.8. The van der Waals surface area contributed by atoms with Crippen LogP contribution in [0.3, 0.4) is 0 Å². The first-order valence-electron chi connectivity index (χ1n) is 7.86. The van der Waals surface area contributed by atoms with Crippen molar-refractivity contribution in [3.8, 4) is 0 Å². The van der Waals surface area contributed by atoms with Crippen LogP contribution in [0.4, 0.5) is 0 Å². The molecule has 2 rings (SSSR count). The SMILES string of the molecule is C=C(C=O)Cc1nc(C2CCCCC2)no1.COC(C)(C)C. The van der Waals surface area contributed by atoms with Crippen LogP contribution in [0.2, 0.25) is 0 Å². The van der Waals surface area contributed by atoms with Crippen molar-refractivity contribution in [3.05, 3.63) is 23.9 Å². The average molecular weight is 308 g/mol. The Balaban J connectivity index is 0.000000346. The van der Waals surface area contributed by atoms with Gasteiger partial charge in [0.05, 0.1) is 12.0 Å². The summed E-state index contributed by atoms with van der Waals surface area (Å²) in [6, 6.07) is 0. The maximum atomic E-state index is 10.4. The fraction of sp³-hybridized carbons (Fsp3) is 0.706. The van der Waals surface area contributed by atoms with Gasteiger partial charge < -0.3 is 9.26 Å². The van der Waals surface area contributed by atoms with Crippen LogP contribution >= 0.6 is 0 Å². The molecule has 1 aliphatic rings. The van der Waals surface area contributed by atoms with Gasteiger partial charge in [-0.3, -0.25) is 4.79 Å². The van der Waals surface area contributed by atoms with Crippen molar-refractivity contribution in [2.75, 3.05) is 7.11 Å². The second kappa shape index (κ2) is 8.83. The largest absolute Gasteiger partial charge is 0.379 e. The summed E-state index contributed by atoms with van der Waals surface area (Å²) in [5, 5.41) is 3.98. The number of rotatable bonds is 4. The number of hydrogen-bond donors (Lipinski definition) is 0. The van der Waals surface area contributed by atoms with E-state index in [1.165, 1.54) is 19.3 Å². The van der Waals surface area contributed by atoms with Crippen LogP contribution in [0.1, 0.15) is 70.5 Å². The third-order valence-electron chi connectivity index (χ3n) is 3.61. The molecule has 0 aliphatic heterocycles. The highest BCUT2D eigenvalue weighted by Gasteiger charge is 2.20. The fourth-order valence-corrected chi connectivity index (χ4v) is 2.10. The van der Waals surface area contributed by atoms with Gasteiger partial charge >= 0.3 is 0 Å². The predicted octanol–water partition coefficient (Wildman–Crippen LogP) is 3.85. The Morgan fingerprint density at radius 2 is 1.95 bits per heavy atom. The third-order valence-corrected chi connectivity index (χ3v) is 3.61. The van der Waals surface area contributed by atoms with E-state index in [4.69, 9.17) is 9.26 Å². The molecule has 0 aromatic carbocycles. The van der Waals surface area contributed by atoms with Gasteiger partial charge in [0.1, 0.15) is 6.29 Å². The van der Waals surface area contributed by atoms with Gasteiger partial charge in [0.25, 0.3) is 0 Å². The molecular formula is C17H28N2O3. The van der Waals surface area contributed by atoms with Crippen LogP contribution in [0, 0.1) is 0 Å². The van der Waals surface area contributed by atoms with E-state index >= 15 is 0 Å². The molecule has 5 nitrogen and oxygen atoms in total. The molecule has 0 N–H and O–H groups in total. The minimum atomic E-state index is 0.0417. The molecule has 0 amide bonds. The molecule has 0 unspecified atom stereocenters. The van der Waals surface area contributed by atoms with Gasteiger partial charge in [0.15, 0.2) is 5.82 Å². The smallest absolute Gasteiger partial charge is 0.231 e. The number of carbonyl (C=O) groups is 1. The van der Waals surface area contributed by atoms with Crippen LogP contribution in [-0.4, -0.2) is 29.1 Å². The number of hydrogen-bond acceptors (Lipinski definition) is 5. The Hall–Kier alpha value is -1.49. The highest BCUT2D eigenvalue weighted by molar-refractivity contribution is 5.72. The van der Waals surface area contributed by atoms with E-state index in [1.807, 2.05) is 20.8 Å². The van der Waals surface area contributed by atoms with Gasteiger partial charge in [0, 0.05) is 13.0 Å². The molecule has 1 aromatic heterocycles. The van der Waals surface area contributed by atoms with Gasteiger partial charge in [-0.15, -0.1) is 0 Å². The van der Waals surface area contributed by atoms with Gasteiger partial charge in [-0.05, 0) is 39.2 Å². The molecule has 22 heavy (non-hydrogen) atoms. The Morgan fingerprint density at radius 3 is 2.45 bits per heavy atom. The lowest BCUT2D eigenvalue weighted by atomic mass is 9.89. The lowest BCUT2D eigenvalue weighted by Gasteiger charge is -2.17. The highest BCUT2D eigenvalue weighted by Crippen LogP contribution is 2.30. The quantitative estimate of drug-likeness (QED) is 0.624. The number of methoxy groups -OCH3 is 1. The van der Waals surface area contributed by atoms with Gasteiger partial charge in [-0.1, -0.05) is 31.0 Å². The van der Waals surface area contributed by atoms with E-state index in [-0.39, 0.29) is 5.60 Å². The average Bonchev–Trinajstić information content (AvgIpc) is 2.96. The Kier molecular flexibility index (Phi) is 7.45. The second-order valence-corrected chi connectivity index (χ2v) is 6.65.